The number of likely N-dealkylation sites (N-methyl/N-ethyl adjacent to an activating group) is 1. The molecule has 1 aromatic rings. The quantitative estimate of drug-likeness (QED) is 0.865. The fourth-order valence-electron chi connectivity index (χ4n) is 2.00. The third kappa shape index (κ3) is 3.84. The molecule has 0 heterocycles. The summed E-state index contributed by atoms with van der Waals surface area (Å²) in [5.74, 6) is 0.0383. The summed E-state index contributed by atoms with van der Waals surface area (Å²) in [7, 11) is 1.85. The topological polar surface area (TPSA) is 46.3 Å². The Kier molecular flexibility index (Phi) is 5.35. The van der Waals surface area contributed by atoms with Crippen molar-refractivity contribution in [2.75, 3.05) is 20.1 Å². The third-order valence-corrected chi connectivity index (χ3v) is 3.37. The van der Waals surface area contributed by atoms with Crippen molar-refractivity contribution in [3.05, 3.63) is 34.9 Å². The minimum Gasteiger partial charge on any atom is -0.345 e. The fraction of sp³-hybridized carbons (Fsp3) is 0.533. The van der Waals surface area contributed by atoms with Crippen LogP contribution in [0.15, 0.2) is 18.2 Å². The van der Waals surface area contributed by atoms with Gasteiger partial charge in [0.25, 0.3) is 0 Å². The van der Waals surface area contributed by atoms with Gasteiger partial charge in [0.15, 0.2) is 0 Å². The van der Waals surface area contributed by atoms with Crippen LogP contribution >= 0.6 is 0 Å². The molecule has 3 nitrogen and oxygen atoms in total. The molecule has 2 N–H and O–H groups in total. The second kappa shape index (κ2) is 6.55. The van der Waals surface area contributed by atoms with Crippen molar-refractivity contribution in [2.45, 2.75) is 27.2 Å². The predicted molar refractivity (Wildman–Crippen MR) is 75.5 cm³/mol. The lowest BCUT2D eigenvalue weighted by Crippen LogP contribution is -2.36. The molecule has 18 heavy (non-hydrogen) atoms. The van der Waals surface area contributed by atoms with E-state index >= 15 is 0 Å². The van der Waals surface area contributed by atoms with Crippen LogP contribution in [-0.2, 0) is 11.2 Å². The number of rotatable bonds is 5. The number of hydrogen-bond acceptors (Lipinski definition) is 2. The van der Waals surface area contributed by atoms with Gasteiger partial charge in [-0.2, -0.15) is 0 Å². The van der Waals surface area contributed by atoms with Crippen LogP contribution in [0.3, 0.4) is 0 Å². The average Bonchev–Trinajstić information content (AvgIpc) is 2.35. The molecule has 0 bridgehead atoms. The number of carbonyl (C=O) groups excluding carboxylic acids is 1. The first-order chi connectivity index (χ1) is 8.45. The highest BCUT2D eigenvalue weighted by molar-refractivity contribution is 5.78. The summed E-state index contributed by atoms with van der Waals surface area (Å²) in [4.78, 5) is 13.7. The molecule has 0 spiro atoms. The van der Waals surface area contributed by atoms with Gasteiger partial charge in [0.05, 0.1) is 0 Å². The number of benzene rings is 1. The maximum Gasteiger partial charge on any atom is 0.226 e. The Morgan fingerprint density at radius 2 is 2.06 bits per heavy atom. The van der Waals surface area contributed by atoms with E-state index in [-0.39, 0.29) is 11.8 Å². The molecule has 1 aromatic carbocycles. The number of nitrogens with two attached hydrogens (primary N) is 1. The zero-order chi connectivity index (χ0) is 13.7. The van der Waals surface area contributed by atoms with Gasteiger partial charge in [0, 0.05) is 26.1 Å². The van der Waals surface area contributed by atoms with Crippen LogP contribution in [0.25, 0.3) is 0 Å². The van der Waals surface area contributed by atoms with Crippen molar-refractivity contribution in [2.24, 2.45) is 11.7 Å². The van der Waals surface area contributed by atoms with Gasteiger partial charge in [-0.1, -0.05) is 30.7 Å². The van der Waals surface area contributed by atoms with Gasteiger partial charge in [-0.15, -0.1) is 0 Å². The first kappa shape index (κ1) is 14.7. The van der Waals surface area contributed by atoms with Gasteiger partial charge in [-0.05, 0) is 31.4 Å². The largest absolute Gasteiger partial charge is 0.345 e. The first-order valence-corrected chi connectivity index (χ1v) is 6.47. The second-order valence-corrected chi connectivity index (χ2v) is 5.08. The number of nitrogens with zero attached hydrogens (tertiary/aromatic N) is 1. The van der Waals surface area contributed by atoms with E-state index in [1.807, 2.05) is 14.0 Å². The SMILES string of the molecule is Cc1ccc(CCN(C)C(=O)C(C)CN)c(C)c1. The van der Waals surface area contributed by atoms with Gasteiger partial charge in [-0.25, -0.2) is 0 Å². The van der Waals surface area contributed by atoms with Gasteiger partial charge in [0.2, 0.25) is 5.91 Å². The van der Waals surface area contributed by atoms with E-state index in [1.165, 1.54) is 16.7 Å². The minimum atomic E-state index is -0.0888. The van der Waals surface area contributed by atoms with E-state index in [4.69, 9.17) is 5.73 Å². The highest BCUT2D eigenvalue weighted by Gasteiger charge is 2.15. The second-order valence-electron chi connectivity index (χ2n) is 5.08. The van der Waals surface area contributed by atoms with Gasteiger partial charge >= 0.3 is 0 Å². The molecular formula is C15H24N2O. The summed E-state index contributed by atoms with van der Waals surface area (Å²) in [5, 5.41) is 0. The Balaban J connectivity index is 2.57. The molecular weight excluding hydrogens is 224 g/mol. The summed E-state index contributed by atoms with van der Waals surface area (Å²) in [5.41, 5.74) is 9.39. The van der Waals surface area contributed by atoms with E-state index in [0.29, 0.717) is 6.54 Å². The molecule has 1 unspecified atom stereocenters. The molecule has 1 amide bonds. The van der Waals surface area contributed by atoms with Crippen molar-refractivity contribution in [3.8, 4) is 0 Å². The fourth-order valence-corrected chi connectivity index (χ4v) is 2.00. The molecule has 0 aliphatic carbocycles. The van der Waals surface area contributed by atoms with Crippen LogP contribution in [0.5, 0.6) is 0 Å². The highest BCUT2D eigenvalue weighted by atomic mass is 16.2. The van der Waals surface area contributed by atoms with Crippen molar-refractivity contribution in [1.29, 1.82) is 0 Å². The van der Waals surface area contributed by atoms with Crippen LogP contribution in [0.4, 0.5) is 0 Å². The first-order valence-electron chi connectivity index (χ1n) is 6.47. The van der Waals surface area contributed by atoms with E-state index in [2.05, 4.69) is 32.0 Å². The maximum absolute atomic E-state index is 11.9. The van der Waals surface area contributed by atoms with E-state index in [0.717, 1.165) is 13.0 Å². The number of hydrogen-bond donors (Lipinski definition) is 1. The minimum absolute atomic E-state index is 0.0888. The molecule has 0 aliphatic rings. The van der Waals surface area contributed by atoms with Crippen LogP contribution in [0, 0.1) is 19.8 Å². The van der Waals surface area contributed by atoms with Crippen LogP contribution in [0.2, 0.25) is 0 Å². The van der Waals surface area contributed by atoms with Crippen molar-refractivity contribution in [1.82, 2.24) is 4.90 Å². The molecule has 0 aliphatic heterocycles. The number of amides is 1. The Bertz CT molecular complexity index is 415. The van der Waals surface area contributed by atoms with Crippen LogP contribution < -0.4 is 5.73 Å². The monoisotopic (exact) mass is 248 g/mol. The lowest BCUT2D eigenvalue weighted by molar-refractivity contribution is -0.133. The Labute approximate surface area is 110 Å². The van der Waals surface area contributed by atoms with Crippen molar-refractivity contribution in [3.63, 3.8) is 0 Å². The molecule has 3 heteroatoms. The zero-order valence-electron chi connectivity index (χ0n) is 11.9. The molecule has 1 atom stereocenters. The van der Waals surface area contributed by atoms with Crippen molar-refractivity contribution < 1.29 is 4.79 Å². The summed E-state index contributed by atoms with van der Waals surface area (Å²) >= 11 is 0. The Morgan fingerprint density at radius 1 is 1.39 bits per heavy atom. The van der Waals surface area contributed by atoms with Gasteiger partial charge in [0.1, 0.15) is 0 Å². The lowest BCUT2D eigenvalue weighted by Gasteiger charge is -2.21. The van der Waals surface area contributed by atoms with Gasteiger partial charge < -0.3 is 10.6 Å². The van der Waals surface area contributed by atoms with E-state index < -0.39 is 0 Å². The summed E-state index contributed by atoms with van der Waals surface area (Å²) in [6.45, 7) is 7.23. The Hall–Kier alpha value is -1.35. The lowest BCUT2D eigenvalue weighted by atomic mass is 10.0. The van der Waals surface area contributed by atoms with E-state index in [1.54, 1.807) is 4.90 Å². The normalized spacial score (nSPS) is 12.3. The third-order valence-electron chi connectivity index (χ3n) is 3.37. The molecule has 0 aromatic heterocycles. The highest BCUT2D eigenvalue weighted by Crippen LogP contribution is 2.12. The summed E-state index contributed by atoms with van der Waals surface area (Å²) in [6.07, 6.45) is 0.894. The van der Waals surface area contributed by atoms with Gasteiger partial charge in [-0.3, -0.25) is 4.79 Å². The maximum atomic E-state index is 11.9. The molecule has 0 radical (unpaired) electrons. The summed E-state index contributed by atoms with van der Waals surface area (Å²) < 4.78 is 0. The molecule has 100 valence electrons. The van der Waals surface area contributed by atoms with E-state index in [9.17, 15) is 4.79 Å². The molecule has 1 rings (SSSR count). The zero-order valence-corrected chi connectivity index (χ0v) is 11.9. The predicted octanol–water partition coefficient (Wildman–Crippen LogP) is 1.90. The molecule has 0 saturated heterocycles. The standard InChI is InChI=1S/C15H24N2O/c1-11-5-6-14(12(2)9-11)7-8-17(4)15(18)13(3)10-16/h5-6,9,13H,7-8,10,16H2,1-4H3. The smallest absolute Gasteiger partial charge is 0.226 e. The molecule has 0 fully saturated rings. The number of aryl methyl sites for hydroxylation is 2. The summed E-state index contributed by atoms with van der Waals surface area (Å²) in [6, 6.07) is 6.45. The van der Waals surface area contributed by atoms with Crippen LogP contribution in [0.1, 0.15) is 23.6 Å². The average molecular weight is 248 g/mol. The van der Waals surface area contributed by atoms with Crippen molar-refractivity contribution >= 4 is 5.91 Å². The molecule has 0 saturated carbocycles. The number of carbonyl (C=O) groups is 1. The Morgan fingerprint density at radius 3 is 2.61 bits per heavy atom. The van der Waals surface area contributed by atoms with Crippen LogP contribution in [-0.4, -0.2) is 30.9 Å².